The van der Waals surface area contributed by atoms with Gasteiger partial charge in [0.1, 0.15) is 11.5 Å². The van der Waals surface area contributed by atoms with Crippen LogP contribution in [-0.2, 0) is 4.74 Å². The summed E-state index contributed by atoms with van der Waals surface area (Å²) in [5.74, 6) is 7.19. The smallest absolute Gasteiger partial charge is 0.424 e. The van der Waals surface area contributed by atoms with Crippen molar-refractivity contribution in [2.45, 2.75) is 13.0 Å². The normalized spacial score (nSPS) is 11.6. The van der Waals surface area contributed by atoms with E-state index in [0.29, 0.717) is 0 Å². The van der Waals surface area contributed by atoms with Crippen LogP contribution in [0.15, 0.2) is 54.6 Å². The number of hydrogen-bond donors (Lipinski definition) is 1. The Hall–Kier alpha value is -2.53. The maximum absolute atomic E-state index is 11.4. The molecular weight excluding hydrogens is 268 g/mol. The number of amides is 1. The molecule has 2 aromatic carbocycles. The first-order valence-corrected chi connectivity index (χ1v) is 6.56. The number of para-hydroxylation sites is 1. The summed E-state index contributed by atoms with van der Waals surface area (Å²) in [5, 5.41) is 1.05. The van der Waals surface area contributed by atoms with Gasteiger partial charge < -0.3 is 9.47 Å². The topological polar surface area (TPSA) is 64.8 Å². The highest BCUT2D eigenvalue weighted by Gasteiger charge is 2.18. The Morgan fingerprint density at radius 1 is 1.05 bits per heavy atom. The van der Waals surface area contributed by atoms with E-state index in [-0.39, 0.29) is 6.04 Å². The van der Waals surface area contributed by atoms with E-state index in [4.69, 9.17) is 10.6 Å². The summed E-state index contributed by atoms with van der Waals surface area (Å²) in [5.41, 5.74) is 0.892. The molecule has 0 saturated carbocycles. The van der Waals surface area contributed by atoms with Gasteiger partial charge in [0.15, 0.2) is 0 Å². The Balaban J connectivity index is 2.06. The van der Waals surface area contributed by atoms with Crippen LogP contribution in [0.1, 0.15) is 18.5 Å². The van der Waals surface area contributed by atoms with Gasteiger partial charge in [-0.2, -0.15) is 0 Å². The maximum atomic E-state index is 11.4. The summed E-state index contributed by atoms with van der Waals surface area (Å²) in [6.07, 6.45) is -0.577. The van der Waals surface area contributed by atoms with Gasteiger partial charge in [-0.25, -0.2) is 15.6 Å². The Kier molecular flexibility index (Phi) is 4.79. The first kappa shape index (κ1) is 14.9. The van der Waals surface area contributed by atoms with Gasteiger partial charge in [0, 0.05) is 0 Å². The first-order valence-electron chi connectivity index (χ1n) is 6.56. The minimum Gasteiger partial charge on any atom is -0.457 e. The number of hydrogen-bond acceptors (Lipinski definition) is 4. The SMILES string of the molecule is COC(=O)N(N)C(C)c1ccc(Oc2ccccc2)cc1. The van der Waals surface area contributed by atoms with E-state index in [9.17, 15) is 4.79 Å². The third-order valence-electron chi connectivity index (χ3n) is 3.14. The summed E-state index contributed by atoms with van der Waals surface area (Å²) < 4.78 is 10.3. The standard InChI is InChI=1S/C16H18N2O3/c1-12(18(17)16(19)20-2)13-8-10-15(11-9-13)21-14-6-4-3-5-7-14/h3-12H,17H2,1-2H3. The summed E-state index contributed by atoms with van der Waals surface area (Å²) >= 11 is 0. The second-order valence-corrected chi connectivity index (χ2v) is 4.54. The van der Waals surface area contributed by atoms with E-state index in [1.54, 1.807) is 0 Å². The van der Waals surface area contributed by atoms with Gasteiger partial charge in [0.2, 0.25) is 0 Å². The van der Waals surface area contributed by atoms with Crippen LogP contribution in [0.25, 0.3) is 0 Å². The Morgan fingerprint density at radius 2 is 1.62 bits per heavy atom. The summed E-state index contributed by atoms with van der Waals surface area (Å²) in [6.45, 7) is 1.82. The molecule has 0 aliphatic rings. The van der Waals surface area contributed by atoms with E-state index >= 15 is 0 Å². The Labute approximate surface area is 123 Å². The molecule has 110 valence electrons. The quantitative estimate of drug-likeness (QED) is 0.531. The van der Waals surface area contributed by atoms with Crippen molar-refractivity contribution in [3.8, 4) is 11.5 Å². The maximum Gasteiger partial charge on any atom is 0.424 e. The van der Waals surface area contributed by atoms with Crippen LogP contribution >= 0.6 is 0 Å². The van der Waals surface area contributed by atoms with Crippen molar-refractivity contribution >= 4 is 6.09 Å². The molecule has 2 aromatic rings. The fourth-order valence-corrected chi connectivity index (χ4v) is 1.86. The number of carbonyl (C=O) groups excluding carboxylic acids is 1. The molecule has 0 aromatic heterocycles. The third kappa shape index (κ3) is 3.73. The van der Waals surface area contributed by atoms with Gasteiger partial charge in [0.25, 0.3) is 0 Å². The lowest BCUT2D eigenvalue weighted by molar-refractivity contribution is 0.108. The zero-order valence-corrected chi connectivity index (χ0v) is 12.0. The minimum absolute atomic E-state index is 0.289. The van der Waals surface area contributed by atoms with E-state index in [2.05, 4.69) is 4.74 Å². The average Bonchev–Trinajstić information content (AvgIpc) is 2.54. The molecule has 0 bridgehead atoms. The van der Waals surface area contributed by atoms with Crippen LogP contribution in [-0.4, -0.2) is 18.2 Å². The third-order valence-corrected chi connectivity index (χ3v) is 3.14. The number of hydrazine groups is 1. The number of methoxy groups -OCH3 is 1. The van der Waals surface area contributed by atoms with Crippen LogP contribution < -0.4 is 10.6 Å². The number of rotatable bonds is 4. The highest BCUT2D eigenvalue weighted by molar-refractivity contribution is 5.67. The van der Waals surface area contributed by atoms with Gasteiger partial charge in [-0.05, 0) is 36.8 Å². The Morgan fingerprint density at radius 3 is 2.19 bits per heavy atom. The van der Waals surface area contributed by atoms with Crippen molar-refractivity contribution < 1.29 is 14.3 Å². The molecule has 0 radical (unpaired) electrons. The largest absolute Gasteiger partial charge is 0.457 e. The molecule has 21 heavy (non-hydrogen) atoms. The molecule has 5 nitrogen and oxygen atoms in total. The van der Waals surface area contributed by atoms with E-state index < -0.39 is 6.09 Å². The monoisotopic (exact) mass is 286 g/mol. The molecule has 1 atom stereocenters. The fraction of sp³-hybridized carbons (Fsp3) is 0.188. The lowest BCUT2D eigenvalue weighted by atomic mass is 10.1. The van der Waals surface area contributed by atoms with Crippen molar-refractivity contribution in [1.29, 1.82) is 0 Å². The lowest BCUT2D eigenvalue weighted by Crippen LogP contribution is -2.39. The zero-order valence-electron chi connectivity index (χ0n) is 12.0. The number of benzene rings is 2. The van der Waals surface area contributed by atoms with Crippen molar-refractivity contribution in [2.24, 2.45) is 5.84 Å². The predicted molar refractivity (Wildman–Crippen MR) is 79.8 cm³/mol. The van der Waals surface area contributed by atoms with Gasteiger partial charge in [-0.3, -0.25) is 0 Å². The number of nitrogens with two attached hydrogens (primary N) is 1. The van der Waals surface area contributed by atoms with Crippen molar-refractivity contribution in [2.75, 3.05) is 7.11 Å². The highest BCUT2D eigenvalue weighted by atomic mass is 16.5. The zero-order chi connectivity index (χ0) is 15.2. The molecule has 0 saturated heterocycles. The van der Waals surface area contributed by atoms with Crippen LogP contribution in [0.3, 0.4) is 0 Å². The second kappa shape index (κ2) is 6.76. The van der Waals surface area contributed by atoms with Crippen LogP contribution in [0.5, 0.6) is 11.5 Å². The molecule has 0 fully saturated rings. The van der Waals surface area contributed by atoms with Gasteiger partial charge in [-0.15, -0.1) is 0 Å². The van der Waals surface area contributed by atoms with E-state index in [1.165, 1.54) is 7.11 Å². The number of ether oxygens (including phenoxy) is 2. The first-order chi connectivity index (χ1) is 10.1. The summed E-state index contributed by atoms with van der Waals surface area (Å²) in [7, 11) is 1.30. The molecule has 5 heteroatoms. The molecule has 0 aliphatic carbocycles. The predicted octanol–water partition coefficient (Wildman–Crippen LogP) is 3.48. The molecule has 0 heterocycles. The van der Waals surface area contributed by atoms with Crippen LogP contribution in [0, 0.1) is 0 Å². The van der Waals surface area contributed by atoms with E-state index in [0.717, 1.165) is 22.1 Å². The number of nitrogens with zero attached hydrogens (tertiary/aromatic N) is 1. The van der Waals surface area contributed by atoms with Gasteiger partial charge in [-0.1, -0.05) is 30.3 Å². The van der Waals surface area contributed by atoms with Crippen molar-refractivity contribution in [3.05, 3.63) is 60.2 Å². The fourth-order valence-electron chi connectivity index (χ4n) is 1.86. The second-order valence-electron chi connectivity index (χ2n) is 4.54. The Bertz CT molecular complexity index is 584. The van der Waals surface area contributed by atoms with Gasteiger partial charge >= 0.3 is 6.09 Å². The molecule has 0 aliphatic heterocycles. The van der Waals surface area contributed by atoms with Crippen LogP contribution in [0.2, 0.25) is 0 Å². The minimum atomic E-state index is -0.577. The summed E-state index contributed by atoms with van der Waals surface area (Å²) in [4.78, 5) is 11.4. The molecule has 0 spiro atoms. The molecule has 1 unspecified atom stereocenters. The number of carbonyl (C=O) groups is 1. The van der Waals surface area contributed by atoms with E-state index in [1.807, 2.05) is 61.5 Å². The van der Waals surface area contributed by atoms with Crippen molar-refractivity contribution in [1.82, 2.24) is 5.01 Å². The average molecular weight is 286 g/mol. The highest BCUT2D eigenvalue weighted by Crippen LogP contribution is 2.24. The summed E-state index contributed by atoms with van der Waals surface area (Å²) in [6, 6.07) is 16.6. The molecule has 2 N–H and O–H groups in total. The molecular formula is C16H18N2O3. The van der Waals surface area contributed by atoms with Crippen LogP contribution in [0.4, 0.5) is 4.79 Å². The molecule has 1 amide bonds. The lowest BCUT2D eigenvalue weighted by Gasteiger charge is -2.23. The molecule has 2 rings (SSSR count). The van der Waals surface area contributed by atoms with Gasteiger partial charge in [0.05, 0.1) is 13.2 Å². The van der Waals surface area contributed by atoms with Crippen molar-refractivity contribution in [3.63, 3.8) is 0 Å².